The van der Waals surface area contributed by atoms with Crippen molar-refractivity contribution in [1.82, 2.24) is 10.6 Å². The molecule has 1 heterocycles. The lowest BCUT2D eigenvalue weighted by molar-refractivity contribution is -0.126. The van der Waals surface area contributed by atoms with E-state index in [4.69, 9.17) is 4.74 Å². The van der Waals surface area contributed by atoms with E-state index >= 15 is 0 Å². The number of anilines is 1. The molecule has 0 unspecified atom stereocenters. The van der Waals surface area contributed by atoms with Gasteiger partial charge in [-0.05, 0) is 11.6 Å². The first-order chi connectivity index (χ1) is 9.70. The summed E-state index contributed by atoms with van der Waals surface area (Å²) in [7, 11) is 1.57. The van der Waals surface area contributed by atoms with E-state index in [1.54, 1.807) is 7.11 Å². The lowest BCUT2D eigenvalue weighted by Crippen LogP contribution is -2.44. The van der Waals surface area contributed by atoms with Gasteiger partial charge < -0.3 is 20.7 Å². The number of rotatable bonds is 6. The SMILES string of the molecule is COCCNC(=O)CNC(=O)[C@@H]1Cc2ccccc2N1. The van der Waals surface area contributed by atoms with Crippen LogP contribution in [0.3, 0.4) is 0 Å². The predicted molar refractivity (Wildman–Crippen MR) is 75.5 cm³/mol. The van der Waals surface area contributed by atoms with Crippen LogP contribution in [0.15, 0.2) is 24.3 Å². The van der Waals surface area contributed by atoms with E-state index in [2.05, 4.69) is 16.0 Å². The molecule has 2 amide bonds. The molecule has 0 bridgehead atoms. The highest BCUT2D eigenvalue weighted by Crippen LogP contribution is 2.24. The molecule has 0 fully saturated rings. The molecular formula is C14H19N3O3. The highest BCUT2D eigenvalue weighted by Gasteiger charge is 2.26. The highest BCUT2D eigenvalue weighted by molar-refractivity contribution is 5.90. The van der Waals surface area contributed by atoms with Gasteiger partial charge in [0.15, 0.2) is 0 Å². The quantitative estimate of drug-likeness (QED) is 0.635. The summed E-state index contributed by atoms with van der Waals surface area (Å²) in [5, 5.41) is 8.43. The molecule has 1 aromatic carbocycles. The number of carbonyl (C=O) groups excluding carboxylic acids is 2. The second-order valence-electron chi connectivity index (χ2n) is 4.62. The average molecular weight is 277 g/mol. The van der Waals surface area contributed by atoms with Gasteiger partial charge in [-0.2, -0.15) is 0 Å². The number of hydrogen-bond donors (Lipinski definition) is 3. The summed E-state index contributed by atoms with van der Waals surface area (Å²) < 4.78 is 4.82. The monoisotopic (exact) mass is 277 g/mol. The molecule has 0 radical (unpaired) electrons. The summed E-state index contributed by atoms with van der Waals surface area (Å²) >= 11 is 0. The van der Waals surface area contributed by atoms with E-state index in [-0.39, 0.29) is 24.4 Å². The fourth-order valence-corrected chi connectivity index (χ4v) is 2.10. The summed E-state index contributed by atoms with van der Waals surface area (Å²) in [6.45, 7) is 0.884. The van der Waals surface area contributed by atoms with Gasteiger partial charge in [-0.15, -0.1) is 0 Å². The van der Waals surface area contributed by atoms with Crippen LogP contribution >= 0.6 is 0 Å². The maximum absolute atomic E-state index is 12.0. The van der Waals surface area contributed by atoms with Crippen LogP contribution in [0.5, 0.6) is 0 Å². The zero-order valence-electron chi connectivity index (χ0n) is 11.4. The van der Waals surface area contributed by atoms with Gasteiger partial charge in [-0.25, -0.2) is 0 Å². The van der Waals surface area contributed by atoms with Crippen LogP contribution in [0.4, 0.5) is 5.69 Å². The van der Waals surface area contributed by atoms with Crippen LogP contribution in [-0.2, 0) is 20.7 Å². The van der Waals surface area contributed by atoms with Crippen molar-refractivity contribution in [1.29, 1.82) is 0 Å². The highest BCUT2D eigenvalue weighted by atomic mass is 16.5. The van der Waals surface area contributed by atoms with Crippen LogP contribution in [0.25, 0.3) is 0 Å². The number of para-hydroxylation sites is 1. The van der Waals surface area contributed by atoms with Crippen molar-refractivity contribution >= 4 is 17.5 Å². The van der Waals surface area contributed by atoms with Gasteiger partial charge in [-0.1, -0.05) is 18.2 Å². The Morgan fingerprint density at radius 3 is 2.90 bits per heavy atom. The number of ether oxygens (including phenoxy) is 1. The van der Waals surface area contributed by atoms with Gasteiger partial charge in [0.2, 0.25) is 11.8 Å². The van der Waals surface area contributed by atoms with Gasteiger partial charge in [-0.3, -0.25) is 9.59 Å². The van der Waals surface area contributed by atoms with Crippen molar-refractivity contribution < 1.29 is 14.3 Å². The van der Waals surface area contributed by atoms with E-state index in [0.717, 1.165) is 11.3 Å². The molecule has 0 aliphatic carbocycles. The molecule has 108 valence electrons. The Balaban J connectivity index is 1.73. The molecule has 0 aromatic heterocycles. The first-order valence-electron chi connectivity index (χ1n) is 6.58. The third-order valence-corrected chi connectivity index (χ3v) is 3.14. The molecule has 0 spiro atoms. The van der Waals surface area contributed by atoms with Gasteiger partial charge in [0.05, 0.1) is 13.2 Å². The van der Waals surface area contributed by atoms with E-state index in [0.29, 0.717) is 19.6 Å². The summed E-state index contributed by atoms with van der Waals surface area (Å²) in [5.41, 5.74) is 2.11. The zero-order valence-corrected chi connectivity index (χ0v) is 11.4. The van der Waals surface area contributed by atoms with E-state index < -0.39 is 0 Å². The lowest BCUT2D eigenvalue weighted by atomic mass is 10.1. The fraction of sp³-hybridized carbons (Fsp3) is 0.429. The predicted octanol–water partition coefficient (Wildman–Crippen LogP) is -0.0980. The Morgan fingerprint density at radius 1 is 1.35 bits per heavy atom. The largest absolute Gasteiger partial charge is 0.383 e. The molecule has 1 aliphatic rings. The number of nitrogens with one attached hydrogen (secondary N) is 3. The topological polar surface area (TPSA) is 79.5 Å². The molecular weight excluding hydrogens is 258 g/mol. The van der Waals surface area contributed by atoms with Gasteiger partial charge in [0.1, 0.15) is 6.04 Å². The number of fused-ring (bicyclic) bond motifs is 1. The molecule has 1 atom stereocenters. The minimum absolute atomic E-state index is 0.0168. The summed E-state index contributed by atoms with van der Waals surface area (Å²) in [4.78, 5) is 23.4. The molecule has 6 nitrogen and oxygen atoms in total. The van der Waals surface area contributed by atoms with Gasteiger partial charge >= 0.3 is 0 Å². The van der Waals surface area contributed by atoms with E-state index in [9.17, 15) is 9.59 Å². The smallest absolute Gasteiger partial charge is 0.243 e. The molecule has 1 aliphatic heterocycles. The number of amides is 2. The third-order valence-electron chi connectivity index (χ3n) is 3.14. The summed E-state index contributed by atoms with van der Waals surface area (Å²) in [6.07, 6.45) is 0.646. The summed E-state index contributed by atoms with van der Waals surface area (Å²) in [5.74, 6) is -0.381. The molecule has 3 N–H and O–H groups in total. The van der Waals surface area contributed by atoms with Crippen LogP contribution in [0, 0.1) is 0 Å². The maximum Gasteiger partial charge on any atom is 0.243 e. The molecule has 0 saturated carbocycles. The standard InChI is InChI=1S/C14H19N3O3/c1-20-7-6-15-13(18)9-16-14(19)12-8-10-4-2-3-5-11(10)17-12/h2-5,12,17H,6-9H2,1H3,(H,15,18)(H,16,19)/t12-/m0/s1. The number of carbonyl (C=O) groups is 2. The minimum atomic E-state index is -0.306. The van der Waals surface area contributed by atoms with Crippen molar-refractivity contribution in [2.45, 2.75) is 12.5 Å². The first-order valence-corrected chi connectivity index (χ1v) is 6.58. The molecule has 0 saturated heterocycles. The Morgan fingerprint density at radius 2 is 2.15 bits per heavy atom. The number of benzene rings is 1. The van der Waals surface area contributed by atoms with Crippen molar-refractivity contribution in [2.75, 3.05) is 32.1 Å². The van der Waals surface area contributed by atoms with Gasteiger partial charge in [0.25, 0.3) is 0 Å². The molecule has 20 heavy (non-hydrogen) atoms. The van der Waals surface area contributed by atoms with Crippen LogP contribution < -0.4 is 16.0 Å². The van der Waals surface area contributed by atoms with Crippen molar-refractivity contribution in [2.24, 2.45) is 0 Å². The second-order valence-corrected chi connectivity index (χ2v) is 4.62. The Labute approximate surface area is 117 Å². The first kappa shape index (κ1) is 14.3. The third kappa shape index (κ3) is 3.71. The molecule has 1 aromatic rings. The van der Waals surface area contributed by atoms with E-state index in [1.807, 2.05) is 24.3 Å². The van der Waals surface area contributed by atoms with Crippen molar-refractivity contribution in [3.63, 3.8) is 0 Å². The van der Waals surface area contributed by atoms with Crippen molar-refractivity contribution in [3.05, 3.63) is 29.8 Å². The normalized spacial score (nSPS) is 16.1. The average Bonchev–Trinajstić information content (AvgIpc) is 2.89. The Kier molecular flexibility index (Phi) is 4.95. The lowest BCUT2D eigenvalue weighted by Gasteiger charge is -2.12. The van der Waals surface area contributed by atoms with Crippen LogP contribution in [-0.4, -0.2) is 44.7 Å². The minimum Gasteiger partial charge on any atom is -0.383 e. The zero-order chi connectivity index (χ0) is 14.4. The van der Waals surface area contributed by atoms with Gasteiger partial charge in [0, 0.05) is 25.8 Å². The van der Waals surface area contributed by atoms with Crippen LogP contribution in [0.1, 0.15) is 5.56 Å². The fourth-order valence-electron chi connectivity index (χ4n) is 2.10. The van der Waals surface area contributed by atoms with E-state index in [1.165, 1.54) is 0 Å². The number of hydrogen-bond acceptors (Lipinski definition) is 4. The van der Waals surface area contributed by atoms with Crippen molar-refractivity contribution in [3.8, 4) is 0 Å². The molecule has 2 rings (SSSR count). The molecule has 6 heteroatoms. The Hall–Kier alpha value is -2.08. The summed E-state index contributed by atoms with van der Waals surface area (Å²) in [6, 6.07) is 7.51. The maximum atomic E-state index is 12.0. The number of methoxy groups -OCH3 is 1. The van der Waals surface area contributed by atoms with Crippen LogP contribution in [0.2, 0.25) is 0 Å². The Bertz CT molecular complexity index is 465. The second kappa shape index (κ2) is 6.91.